The fourth-order valence-corrected chi connectivity index (χ4v) is 1.21. The maximum Gasteiger partial charge on any atom is 0.328 e. The molecular weight excluding hydrogens is 220 g/mol. The van der Waals surface area contributed by atoms with E-state index in [0.717, 1.165) is 12.8 Å². The monoisotopic (exact) mass is 236 g/mol. The zero-order chi connectivity index (χ0) is 10.7. The summed E-state index contributed by atoms with van der Waals surface area (Å²) in [4.78, 5) is 22.5. The van der Waals surface area contributed by atoms with Gasteiger partial charge in [-0.1, -0.05) is 0 Å². The summed E-state index contributed by atoms with van der Waals surface area (Å²) < 4.78 is 4.60. The number of amides is 1. The first-order valence-electron chi connectivity index (χ1n) is 4.70. The van der Waals surface area contributed by atoms with Gasteiger partial charge < -0.3 is 15.8 Å². The minimum Gasteiger partial charge on any atom is -0.467 e. The molecule has 15 heavy (non-hydrogen) atoms. The minimum atomic E-state index is -0.596. The quantitative estimate of drug-likeness (QED) is 0.664. The SMILES string of the molecule is COC(=O)C(NC(=O)[C@@H](C)N)C1CC1.Cl. The van der Waals surface area contributed by atoms with Crippen molar-refractivity contribution in [2.24, 2.45) is 11.7 Å². The Morgan fingerprint density at radius 3 is 2.33 bits per heavy atom. The zero-order valence-corrected chi connectivity index (χ0v) is 9.67. The van der Waals surface area contributed by atoms with Crippen LogP contribution in [0.4, 0.5) is 0 Å². The van der Waals surface area contributed by atoms with Crippen molar-refractivity contribution >= 4 is 24.3 Å². The van der Waals surface area contributed by atoms with Gasteiger partial charge in [0.15, 0.2) is 0 Å². The van der Waals surface area contributed by atoms with E-state index in [1.807, 2.05) is 0 Å². The van der Waals surface area contributed by atoms with Crippen molar-refractivity contribution in [1.29, 1.82) is 0 Å². The van der Waals surface area contributed by atoms with Gasteiger partial charge in [0.1, 0.15) is 6.04 Å². The Kier molecular flexibility index (Phi) is 5.60. The molecule has 88 valence electrons. The Bertz CT molecular complexity index is 242. The van der Waals surface area contributed by atoms with E-state index in [4.69, 9.17) is 5.73 Å². The molecule has 0 aliphatic heterocycles. The van der Waals surface area contributed by atoms with Gasteiger partial charge in [0.2, 0.25) is 5.91 Å². The molecule has 0 aromatic carbocycles. The molecule has 1 fully saturated rings. The van der Waals surface area contributed by atoms with Crippen molar-refractivity contribution in [1.82, 2.24) is 5.32 Å². The molecule has 1 rings (SSSR count). The maximum atomic E-state index is 11.3. The lowest BCUT2D eigenvalue weighted by molar-refractivity contribution is -0.145. The topological polar surface area (TPSA) is 81.4 Å². The molecule has 1 aliphatic carbocycles. The van der Waals surface area contributed by atoms with Crippen LogP contribution in [0.25, 0.3) is 0 Å². The van der Waals surface area contributed by atoms with Gasteiger partial charge in [0.25, 0.3) is 0 Å². The normalized spacial score (nSPS) is 18.3. The van der Waals surface area contributed by atoms with Crippen LogP contribution >= 0.6 is 12.4 Å². The third-order valence-corrected chi connectivity index (χ3v) is 2.26. The number of halogens is 1. The molecule has 0 heterocycles. The fraction of sp³-hybridized carbons (Fsp3) is 0.778. The molecule has 1 saturated carbocycles. The van der Waals surface area contributed by atoms with E-state index >= 15 is 0 Å². The van der Waals surface area contributed by atoms with Crippen LogP contribution in [0.1, 0.15) is 19.8 Å². The number of hydrogen-bond acceptors (Lipinski definition) is 4. The minimum absolute atomic E-state index is 0. The van der Waals surface area contributed by atoms with Crippen molar-refractivity contribution in [3.8, 4) is 0 Å². The number of hydrogen-bond donors (Lipinski definition) is 2. The summed E-state index contributed by atoms with van der Waals surface area (Å²) in [6, 6.07) is -1.11. The lowest BCUT2D eigenvalue weighted by atomic mass is 10.1. The molecule has 0 spiro atoms. The van der Waals surface area contributed by atoms with Gasteiger partial charge in [-0.3, -0.25) is 4.79 Å². The van der Waals surface area contributed by atoms with E-state index < -0.39 is 12.1 Å². The Morgan fingerprint density at radius 1 is 1.47 bits per heavy atom. The second kappa shape index (κ2) is 5.92. The number of rotatable bonds is 4. The Balaban J connectivity index is 0.00000196. The van der Waals surface area contributed by atoms with Crippen molar-refractivity contribution in [2.45, 2.75) is 31.8 Å². The Labute approximate surface area is 95.1 Å². The largest absolute Gasteiger partial charge is 0.467 e. The summed E-state index contributed by atoms with van der Waals surface area (Å²) >= 11 is 0. The van der Waals surface area contributed by atoms with Crippen LogP contribution in [0.15, 0.2) is 0 Å². The number of carbonyl (C=O) groups is 2. The van der Waals surface area contributed by atoms with Gasteiger partial charge in [0.05, 0.1) is 13.2 Å². The molecular formula is C9H17ClN2O3. The predicted octanol–water partition coefficient (Wildman–Crippen LogP) is -0.177. The van der Waals surface area contributed by atoms with Crippen LogP contribution in [0, 0.1) is 5.92 Å². The molecule has 0 aromatic rings. The highest BCUT2D eigenvalue weighted by atomic mass is 35.5. The molecule has 1 aliphatic rings. The third kappa shape index (κ3) is 4.05. The average Bonchev–Trinajstić information content (AvgIpc) is 2.95. The van der Waals surface area contributed by atoms with Crippen molar-refractivity contribution in [3.63, 3.8) is 0 Å². The second-order valence-corrected chi connectivity index (χ2v) is 3.64. The number of methoxy groups -OCH3 is 1. The molecule has 3 N–H and O–H groups in total. The standard InChI is InChI=1S/C9H16N2O3.ClH/c1-5(10)8(12)11-7(6-3-4-6)9(13)14-2;/h5-7H,3-4,10H2,1-2H3,(H,11,12);1H/t5-,7?;/m1./s1. The van der Waals surface area contributed by atoms with Gasteiger partial charge in [-0.2, -0.15) is 0 Å². The number of esters is 1. The molecule has 0 aromatic heterocycles. The highest BCUT2D eigenvalue weighted by Crippen LogP contribution is 2.33. The van der Waals surface area contributed by atoms with Crippen LogP contribution in [0.2, 0.25) is 0 Å². The van der Waals surface area contributed by atoms with Gasteiger partial charge in [-0.05, 0) is 25.7 Å². The number of nitrogens with two attached hydrogens (primary N) is 1. The average molecular weight is 237 g/mol. The van der Waals surface area contributed by atoms with Crippen LogP contribution in [-0.2, 0) is 14.3 Å². The van der Waals surface area contributed by atoms with Crippen molar-refractivity contribution in [3.05, 3.63) is 0 Å². The maximum absolute atomic E-state index is 11.3. The predicted molar refractivity (Wildman–Crippen MR) is 57.6 cm³/mol. The summed E-state index contributed by atoms with van der Waals surface area (Å²) in [6.45, 7) is 1.58. The molecule has 1 unspecified atom stereocenters. The van der Waals surface area contributed by atoms with E-state index in [1.54, 1.807) is 6.92 Å². The zero-order valence-electron chi connectivity index (χ0n) is 8.86. The Hall–Kier alpha value is -0.810. The first kappa shape index (κ1) is 14.2. The van der Waals surface area contributed by atoms with Crippen LogP contribution < -0.4 is 11.1 Å². The molecule has 2 atom stereocenters. The summed E-state index contributed by atoms with van der Waals surface area (Å²) in [6.07, 6.45) is 1.91. The van der Waals surface area contributed by atoms with Crippen LogP contribution in [0.3, 0.4) is 0 Å². The summed E-state index contributed by atoms with van der Waals surface area (Å²) in [5.74, 6) is -0.473. The van der Waals surface area contributed by atoms with Gasteiger partial charge in [-0.25, -0.2) is 4.79 Å². The molecule has 1 amide bonds. The lowest BCUT2D eigenvalue weighted by Crippen LogP contribution is -2.48. The molecule has 0 radical (unpaired) electrons. The first-order valence-corrected chi connectivity index (χ1v) is 4.70. The van der Waals surface area contributed by atoms with Gasteiger partial charge in [-0.15, -0.1) is 12.4 Å². The number of ether oxygens (including phenoxy) is 1. The third-order valence-electron chi connectivity index (χ3n) is 2.26. The van der Waals surface area contributed by atoms with Crippen LogP contribution in [0.5, 0.6) is 0 Å². The first-order chi connectivity index (χ1) is 6.56. The van der Waals surface area contributed by atoms with Crippen molar-refractivity contribution < 1.29 is 14.3 Å². The van der Waals surface area contributed by atoms with E-state index in [0.29, 0.717) is 0 Å². The number of nitrogens with one attached hydrogen (secondary N) is 1. The van der Waals surface area contributed by atoms with Gasteiger partial charge in [0, 0.05) is 0 Å². The Morgan fingerprint density at radius 2 is 2.00 bits per heavy atom. The molecule has 6 heteroatoms. The second-order valence-electron chi connectivity index (χ2n) is 3.64. The summed E-state index contributed by atoms with van der Waals surface area (Å²) in [5.41, 5.74) is 5.38. The molecule has 0 saturated heterocycles. The summed E-state index contributed by atoms with van der Waals surface area (Å²) in [5, 5.41) is 2.59. The highest BCUT2D eigenvalue weighted by molar-refractivity contribution is 5.87. The molecule has 5 nitrogen and oxygen atoms in total. The smallest absolute Gasteiger partial charge is 0.328 e. The van der Waals surface area contributed by atoms with E-state index in [2.05, 4.69) is 10.1 Å². The van der Waals surface area contributed by atoms with E-state index in [9.17, 15) is 9.59 Å². The lowest BCUT2D eigenvalue weighted by Gasteiger charge is -2.16. The van der Waals surface area contributed by atoms with Crippen molar-refractivity contribution in [2.75, 3.05) is 7.11 Å². The van der Waals surface area contributed by atoms with E-state index in [1.165, 1.54) is 7.11 Å². The van der Waals surface area contributed by atoms with Gasteiger partial charge >= 0.3 is 5.97 Å². The number of carbonyl (C=O) groups excluding carboxylic acids is 2. The summed E-state index contributed by atoms with van der Waals surface area (Å²) in [7, 11) is 1.32. The molecule has 0 bridgehead atoms. The van der Waals surface area contributed by atoms with Crippen LogP contribution in [-0.4, -0.2) is 31.1 Å². The highest BCUT2D eigenvalue weighted by Gasteiger charge is 2.38. The van der Waals surface area contributed by atoms with E-state index in [-0.39, 0.29) is 30.2 Å². The fourth-order valence-electron chi connectivity index (χ4n) is 1.21.